The smallest absolute Gasteiger partial charge is 0.122 e. The molecule has 0 radical (unpaired) electrons. The summed E-state index contributed by atoms with van der Waals surface area (Å²) in [5.74, 6) is 0.910. The highest BCUT2D eigenvalue weighted by Crippen LogP contribution is 2.19. The van der Waals surface area contributed by atoms with E-state index in [-0.39, 0.29) is 5.41 Å². The third kappa shape index (κ3) is 4.62. The molecule has 0 amide bonds. The van der Waals surface area contributed by atoms with Crippen molar-refractivity contribution in [3.63, 3.8) is 0 Å². The Morgan fingerprint density at radius 1 is 1.33 bits per heavy atom. The highest BCUT2D eigenvalue weighted by Gasteiger charge is 2.09. The van der Waals surface area contributed by atoms with Gasteiger partial charge in [-0.2, -0.15) is 0 Å². The zero-order valence-electron chi connectivity index (χ0n) is 11.5. The average Bonchev–Trinajstić information content (AvgIpc) is 2.29. The molecule has 0 saturated carbocycles. The minimum atomic E-state index is -0.264. The molecule has 0 spiro atoms. The molecule has 0 aromatic heterocycles. The maximum Gasteiger partial charge on any atom is 0.122 e. The van der Waals surface area contributed by atoms with Crippen LogP contribution < -0.4 is 4.74 Å². The van der Waals surface area contributed by atoms with Crippen molar-refractivity contribution in [1.29, 1.82) is 0 Å². The summed E-state index contributed by atoms with van der Waals surface area (Å²) in [5.41, 5.74) is 2.05. The molecule has 1 aromatic carbocycles. The molecule has 0 aliphatic rings. The molecule has 0 atom stereocenters. The summed E-state index contributed by atoms with van der Waals surface area (Å²) in [4.78, 5) is 0. The van der Waals surface area contributed by atoms with Crippen LogP contribution in [-0.4, -0.2) is 18.0 Å². The van der Waals surface area contributed by atoms with Gasteiger partial charge in [-0.3, -0.25) is 0 Å². The Kier molecular flexibility index (Phi) is 4.95. The van der Waals surface area contributed by atoms with Crippen LogP contribution in [0.3, 0.4) is 0 Å². The monoisotopic (exact) mass is 247 g/mol. The maximum absolute atomic E-state index is 8.51. The second-order valence-electron chi connectivity index (χ2n) is 5.05. The quantitative estimate of drug-likeness (QED) is 0.373. The fraction of sp³-hybridized carbons (Fsp3) is 0.400. The third-order valence-electron chi connectivity index (χ3n) is 2.62. The predicted octanol–water partition coefficient (Wildman–Crippen LogP) is 3.72. The van der Waals surface area contributed by atoms with E-state index in [4.69, 9.17) is 9.94 Å². The van der Waals surface area contributed by atoms with E-state index in [2.05, 4.69) is 17.3 Å². The fourth-order valence-electron chi connectivity index (χ4n) is 1.54. The van der Waals surface area contributed by atoms with Gasteiger partial charge in [0.05, 0.1) is 6.21 Å². The van der Waals surface area contributed by atoms with Crippen molar-refractivity contribution in [3.05, 3.63) is 41.5 Å². The molecule has 18 heavy (non-hydrogen) atoms. The highest BCUT2D eigenvalue weighted by molar-refractivity contribution is 5.66. The van der Waals surface area contributed by atoms with Crippen LogP contribution in [0.15, 0.2) is 35.5 Å². The number of hydrogen-bond acceptors (Lipinski definition) is 3. The first-order valence-electron chi connectivity index (χ1n) is 6.01. The largest absolute Gasteiger partial charge is 0.489 e. The molecule has 0 heterocycles. The van der Waals surface area contributed by atoms with E-state index in [9.17, 15) is 0 Å². The fourth-order valence-corrected chi connectivity index (χ4v) is 1.54. The standard InChI is InChI=1S/C15H21NO2/c1-12-6-7-13(2)14(10-12)18-9-5-8-15(3,4)11-16-17/h5-8,10-11,17H,9H2,1-4H3. The summed E-state index contributed by atoms with van der Waals surface area (Å²) in [6.07, 6.45) is 5.38. The molecule has 0 bridgehead atoms. The van der Waals surface area contributed by atoms with Gasteiger partial charge in [0, 0.05) is 5.41 Å². The van der Waals surface area contributed by atoms with E-state index in [0.29, 0.717) is 6.61 Å². The van der Waals surface area contributed by atoms with Gasteiger partial charge in [-0.15, -0.1) is 5.16 Å². The summed E-state index contributed by atoms with van der Waals surface area (Å²) in [6, 6.07) is 6.15. The van der Waals surface area contributed by atoms with Crippen molar-refractivity contribution >= 4 is 6.21 Å². The molecule has 1 rings (SSSR count). The van der Waals surface area contributed by atoms with Gasteiger partial charge in [-0.1, -0.05) is 38.1 Å². The number of ether oxygens (including phenoxy) is 1. The molecule has 3 nitrogen and oxygen atoms in total. The van der Waals surface area contributed by atoms with E-state index in [1.54, 1.807) is 0 Å². The van der Waals surface area contributed by atoms with E-state index in [0.717, 1.165) is 11.3 Å². The molecule has 0 fully saturated rings. The number of aryl methyl sites for hydroxylation is 2. The first-order chi connectivity index (χ1) is 8.44. The lowest BCUT2D eigenvalue weighted by molar-refractivity contribution is 0.316. The molecule has 0 unspecified atom stereocenters. The topological polar surface area (TPSA) is 41.8 Å². The first-order valence-corrected chi connectivity index (χ1v) is 6.01. The van der Waals surface area contributed by atoms with Crippen LogP contribution in [0.25, 0.3) is 0 Å². The Labute approximate surface area is 109 Å². The maximum atomic E-state index is 8.51. The molecule has 1 N–H and O–H groups in total. The van der Waals surface area contributed by atoms with Crippen molar-refractivity contribution in [2.24, 2.45) is 10.6 Å². The molecular weight excluding hydrogens is 226 g/mol. The molecule has 1 aromatic rings. The second kappa shape index (κ2) is 6.24. The Hall–Kier alpha value is -1.77. The number of allylic oxidation sites excluding steroid dienone is 1. The number of rotatable bonds is 5. The van der Waals surface area contributed by atoms with Crippen LogP contribution in [0.5, 0.6) is 5.75 Å². The molecule has 0 aliphatic heterocycles. The van der Waals surface area contributed by atoms with Crippen molar-refractivity contribution < 1.29 is 9.94 Å². The summed E-state index contributed by atoms with van der Waals surface area (Å²) in [5, 5.41) is 11.6. The van der Waals surface area contributed by atoms with Gasteiger partial charge in [-0.25, -0.2) is 0 Å². The Balaban J connectivity index is 2.56. The van der Waals surface area contributed by atoms with Crippen LogP contribution >= 0.6 is 0 Å². The normalized spacial score (nSPS) is 12.4. The SMILES string of the molecule is Cc1ccc(C)c(OCC=CC(C)(C)C=NO)c1. The van der Waals surface area contributed by atoms with Crippen LogP contribution in [0.1, 0.15) is 25.0 Å². The predicted molar refractivity (Wildman–Crippen MR) is 74.6 cm³/mol. The van der Waals surface area contributed by atoms with Crippen molar-refractivity contribution in [3.8, 4) is 5.75 Å². The van der Waals surface area contributed by atoms with Crippen molar-refractivity contribution in [2.45, 2.75) is 27.7 Å². The van der Waals surface area contributed by atoms with Gasteiger partial charge in [0.25, 0.3) is 0 Å². The number of oxime groups is 1. The van der Waals surface area contributed by atoms with Gasteiger partial charge >= 0.3 is 0 Å². The van der Waals surface area contributed by atoms with Crippen LogP contribution in [0.4, 0.5) is 0 Å². The van der Waals surface area contributed by atoms with Crippen molar-refractivity contribution in [2.75, 3.05) is 6.61 Å². The number of nitrogens with zero attached hydrogens (tertiary/aromatic N) is 1. The molecule has 3 heteroatoms. The van der Waals surface area contributed by atoms with Crippen LogP contribution in [-0.2, 0) is 0 Å². The average molecular weight is 247 g/mol. The van der Waals surface area contributed by atoms with Crippen LogP contribution in [0.2, 0.25) is 0 Å². The molecule has 0 saturated heterocycles. The summed E-state index contributed by atoms with van der Waals surface area (Å²) in [6.45, 7) is 8.50. The minimum Gasteiger partial charge on any atom is -0.489 e. The van der Waals surface area contributed by atoms with E-state index in [1.165, 1.54) is 11.8 Å². The molecule has 98 valence electrons. The lowest BCUT2D eigenvalue weighted by Gasteiger charge is -2.12. The van der Waals surface area contributed by atoms with Gasteiger partial charge < -0.3 is 9.94 Å². The number of benzene rings is 1. The zero-order valence-corrected chi connectivity index (χ0v) is 11.5. The Morgan fingerprint density at radius 2 is 2.06 bits per heavy atom. The second-order valence-corrected chi connectivity index (χ2v) is 5.05. The molecule has 0 aliphatic carbocycles. The minimum absolute atomic E-state index is 0.264. The van der Waals surface area contributed by atoms with Gasteiger partial charge in [-0.05, 0) is 31.0 Å². The third-order valence-corrected chi connectivity index (χ3v) is 2.62. The van der Waals surface area contributed by atoms with E-state index < -0.39 is 0 Å². The number of hydrogen-bond donors (Lipinski definition) is 1. The van der Waals surface area contributed by atoms with Gasteiger partial charge in [0.1, 0.15) is 12.4 Å². The Bertz CT molecular complexity index is 448. The lowest BCUT2D eigenvalue weighted by atomic mass is 9.95. The summed E-state index contributed by atoms with van der Waals surface area (Å²) >= 11 is 0. The molecular formula is C15H21NO2. The van der Waals surface area contributed by atoms with Gasteiger partial charge in [0.15, 0.2) is 0 Å². The zero-order chi connectivity index (χ0) is 13.6. The summed E-state index contributed by atoms with van der Waals surface area (Å²) < 4.78 is 5.70. The lowest BCUT2D eigenvalue weighted by Crippen LogP contribution is -2.09. The van der Waals surface area contributed by atoms with Crippen molar-refractivity contribution in [1.82, 2.24) is 0 Å². The summed E-state index contributed by atoms with van der Waals surface area (Å²) in [7, 11) is 0. The van der Waals surface area contributed by atoms with Crippen LogP contribution in [0, 0.1) is 19.3 Å². The highest BCUT2D eigenvalue weighted by atomic mass is 16.5. The Morgan fingerprint density at radius 3 is 2.72 bits per heavy atom. The van der Waals surface area contributed by atoms with E-state index in [1.807, 2.05) is 45.9 Å². The van der Waals surface area contributed by atoms with Gasteiger partial charge in [0.2, 0.25) is 0 Å². The van der Waals surface area contributed by atoms with E-state index >= 15 is 0 Å². The first kappa shape index (κ1) is 14.3.